The molecule has 2 aromatic carbocycles. The third-order valence-corrected chi connectivity index (χ3v) is 1.82. The average molecular weight is 161 g/mol. The normalized spacial score (nSPS) is 9.33. The molecular formula is C10H11NO. The standard InChI is InChI=1S/C10H9N.H2O/c11-10-7-3-5-8-4-1-2-6-9(8)10;/h1-7H,11H2;1H2. The van der Waals surface area contributed by atoms with E-state index in [9.17, 15) is 0 Å². The number of nitrogen functional groups attached to an aromatic ring is 1. The van der Waals surface area contributed by atoms with Crippen LogP contribution in [-0.4, -0.2) is 5.48 Å². The summed E-state index contributed by atoms with van der Waals surface area (Å²) < 4.78 is 0. The lowest BCUT2D eigenvalue weighted by atomic mass is 10.1. The maximum atomic E-state index is 5.76. The molecule has 2 rings (SSSR count). The number of benzene rings is 2. The maximum Gasteiger partial charge on any atom is 0.0393 e. The fourth-order valence-electron chi connectivity index (χ4n) is 1.25. The van der Waals surface area contributed by atoms with Gasteiger partial charge in [0.1, 0.15) is 0 Å². The zero-order chi connectivity index (χ0) is 7.68. The Morgan fingerprint density at radius 1 is 0.833 bits per heavy atom. The quantitative estimate of drug-likeness (QED) is 0.586. The van der Waals surface area contributed by atoms with E-state index in [1.54, 1.807) is 0 Å². The zero-order valence-corrected chi connectivity index (χ0v) is 6.62. The van der Waals surface area contributed by atoms with E-state index < -0.39 is 0 Å². The van der Waals surface area contributed by atoms with Crippen LogP contribution in [0.15, 0.2) is 42.5 Å². The molecule has 0 aliphatic rings. The molecule has 0 aromatic heterocycles. The van der Waals surface area contributed by atoms with Crippen molar-refractivity contribution >= 4 is 16.5 Å². The maximum absolute atomic E-state index is 5.76. The molecule has 0 heterocycles. The fourth-order valence-corrected chi connectivity index (χ4v) is 1.25. The summed E-state index contributed by atoms with van der Waals surface area (Å²) >= 11 is 0. The molecule has 0 unspecified atom stereocenters. The first kappa shape index (κ1) is 8.56. The molecule has 0 saturated carbocycles. The van der Waals surface area contributed by atoms with Crippen molar-refractivity contribution in [2.45, 2.75) is 0 Å². The lowest BCUT2D eigenvalue weighted by Gasteiger charge is -1.98. The van der Waals surface area contributed by atoms with Crippen LogP contribution in [0.4, 0.5) is 5.69 Å². The first-order chi connectivity index (χ1) is 5.38. The third kappa shape index (κ3) is 1.24. The molecule has 0 amide bonds. The van der Waals surface area contributed by atoms with Crippen LogP contribution in [0.3, 0.4) is 0 Å². The van der Waals surface area contributed by atoms with Gasteiger partial charge in [0.15, 0.2) is 0 Å². The molecular weight excluding hydrogens is 150 g/mol. The minimum absolute atomic E-state index is 0. The molecule has 0 radical (unpaired) electrons. The SMILES string of the molecule is Nc1cccc2ccccc12.O. The predicted octanol–water partition coefficient (Wildman–Crippen LogP) is 1.60. The Morgan fingerprint density at radius 2 is 1.50 bits per heavy atom. The van der Waals surface area contributed by atoms with Gasteiger partial charge in [-0.1, -0.05) is 36.4 Å². The van der Waals surface area contributed by atoms with Gasteiger partial charge in [-0.2, -0.15) is 0 Å². The minimum Gasteiger partial charge on any atom is -0.412 e. The van der Waals surface area contributed by atoms with Crippen molar-refractivity contribution in [2.75, 3.05) is 5.73 Å². The molecule has 0 atom stereocenters. The van der Waals surface area contributed by atoms with Crippen LogP contribution in [0.5, 0.6) is 0 Å². The second-order valence-electron chi connectivity index (χ2n) is 2.57. The van der Waals surface area contributed by atoms with E-state index in [0.29, 0.717) is 0 Å². The van der Waals surface area contributed by atoms with E-state index in [4.69, 9.17) is 5.73 Å². The summed E-state index contributed by atoms with van der Waals surface area (Å²) in [5, 5.41) is 2.34. The van der Waals surface area contributed by atoms with Crippen molar-refractivity contribution in [3.05, 3.63) is 42.5 Å². The average Bonchev–Trinajstić information content (AvgIpc) is 2.06. The van der Waals surface area contributed by atoms with E-state index in [1.807, 2.05) is 30.3 Å². The Bertz CT molecular complexity index is 379. The molecule has 2 aromatic rings. The number of nitrogens with two attached hydrogens (primary N) is 1. The fraction of sp³-hybridized carbons (Fsp3) is 0. The molecule has 0 fully saturated rings. The van der Waals surface area contributed by atoms with Crippen LogP contribution in [0.1, 0.15) is 0 Å². The number of rotatable bonds is 0. The van der Waals surface area contributed by atoms with Gasteiger partial charge in [0.05, 0.1) is 0 Å². The molecule has 0 aliphatic carbocycles. The summed E-state index contributed by atoms with van der Waals surface area (Å²) in [5.41, 5.74) is 6.61. The van der Waals surface area contributed by atoms with Crippen LogP contribution < -0.4 is 5.73 Å². The monoisotopic (exact) mass is 161 g/mol. The van der Waals surface area contributed by atoms with Crippen LogP contribution in [-0.2, 0) is 0 Å². The highest BCUT2D eigenvalue weighted by Gasteiger charge is 1.92. The summed E-state index contributed by atoms with van der Waals surface area (Å²) in [6.45, 7) is 0. The Morgan fingerprint density at radius 3 is 2.25 bits per heavy atom. The molecule has 0 saturated heterocycles. The van der Waals surface area contributed by atoms with Crippen molar-refractivity contribution in [3.63, 3.8) is 0 Å². The van der Waals surface area contributed by atoms with E-state index in [2.05, 4.69) is 12.1 Å². The highest BCUT2D eigenvalue weighted by molar-refractivity contribution is 5.92. The number of hydrogen-bond acceptors (Lipinski definition) is 1. The highest BCUT2D eigenvalue weighted by Crippen LogP contribution is 2.19. The Kier molecular flexibility index (Phi) is 2.31. The van der Waals surface area contributed by atoms with E-state index in [1.165, 1.54) is 5.39 Å². The lowest BCUT2D eigenvalue weighted by Crippen LogP contribution is -1.84. The van der Waals surface area contributed by atoms with Crippen LogP contribution in [0.2, 0.25) is 0 Å². The molecule has 2 heteroatoms. The molecule has 0 bridgehead atoms. The lowest BCUT2D eigenvalue weighted by molar-refractivity contribution is 0.824. The first-order valence-electron chi connectivity index (χ1n) is 3.61. The molecule has 62 valence electrons. The van der Waals surface area contributed by atoms with Crippen molar-refractivity contribution in [1.82, 2.24) is 0 Å². The van der Waals surface area contributed by atoms with E-state index >= 15 is 0 Å². The summed E-state index contributed by atoms with van der Waals surface area (Å²) in [6.07, 6.45) is 0. The second kappa shape index (κ2) is 3.24. The van der Waals surface area contributed by atoms with Crippen molar-refractivity contribution in [1.29, 1.82) is 0 Å². The van der Waals surface area contributed by atoms with Crippen molar-refractivity contribution in [2.24, 2.45) is 0 Å². The van der Waals surface area contributed by atoms with Gasteiger partial charge in [-0.3, -0.25) is 0 Å². The zero-order valence-electron chi connectivity index (χ0n) is 6.62. The minimum atomic E-state index is 0. The van der Waals surface area contributed by atoms with E-state index in [0.717, 1.165) is 11.1 Å². The Labute approximate surface area is 70.9 Å². The number of anilines is 1. The van der Waals surface area contributed by atoms with Gasteiger partial charge in [0.25, 0.3) is 0 Å². The smallest absolute Gasteiger partial charge is 0.0393 e. The van der Waals surface area contributed by atoms with Crippen LogP contribution in [0, 0.1) is 0 Å². The molecule has 0 spiro atoms. The van der Waals surface area contributed by atoms with Crippen molar-refractivity contribution in [3.8, 4) is 0 Å². The van der Waals surface area contributed by atoms with Gasteiger partial charge in [-0.25, -0.2) is 0 Å². The summed E-state index contributed by atoms with van der Waals surface area (Å²) in [5.74, 6) is 0. The largest absolute Gasteiger partial charge is 0.412 e. The van der Waals surface area contributed by atoms with Crippen LogP contribution >= 0.6 is 0 Å². The topological polar surface area (TPSA) is 57.5 Å². The first-order valence-corrected chi connectivity index (χ1v) is 3.61. The van der Waals surface area contributed by atoms with Gasteiger partial charge < -0.3 is 11.2 Å². The second-order valence-corrected chi connectivity index (χ2v) is 2.57. The van der Waals surface area contributed by atoms with Gasteiger partial charge >= 0.3 is 0 Å². The van der Waals surface area contributed by atoms with Gasteiger partial charge in [-0.05, 0) is 11.5 Å². The summed E-state index contributed by atoms with van der Waals surface area (Å²) in [4.78, 5) is 0. The van der Waals surface area contributed by atoms with E-state index in [-0.39, 0.29) is 5.48 Å². The van der Waals surface area contributed by atoms with Gasteiger partial charge in [0, 0.05) is 11.1 Å². The summed E-state index contributed by atoms with van der Waals surface area (Å²) in [7, 11) is 0. The highest BCUT2D eigenvalue weighted by atomic mass is 16.0. The Balaban J connectivity index is 0.000000720. The van der Waals surface area contributed by atoms with Gasteiger partial charge in [-0.15, -0.1) is 0 Å². The molecule has 4 N–H and O–H groups in total. The number of fused-ring (bicyclic) bond motifs is 1. The van der Waals surface area contributed by atoms with Crippen LogP contribution in [0.25, 0.3) is 10.8 Å². The molecule has 0 aliphatic heterocycles. The summed E-state index contributed by atoms with van der Waals surface area (Å²) in [6, 6.07) is 14.1. The third-order valence-electron chi connectivity index (χ3n) is 1.82. The van der Waals surface area contributed by atoms with Crippen molar-refractivity contribution < 1.29 is 5.48 Å². The van der Waals surface area contributed by atoms with Gasteiger partial charge in [0.2, 0.25) is 0 Å². The molecule has 2 nitrogen and oxygen atoms in total. The molecule has 12 heavy (non-hydrogen) atoms. The number of hydrogen-bond donors (Lipinski definition) is 1. The Hall–Kier alpha value is -1.54. The predicted molar refractivity (Wildman–Crippen MR) is 52.0 cm³/mol.